The third-order valence-corrected chi connectivity index (χ3v) is 3.56. The molecule has 0 saturated carbocycles. The monoisotopic (exact) mass is 249 g/mol. The average Bonchev–Trinajstić information content (AvgIpc) is 2.79. The van der Waals surface area contributed by atoms with Gasteiger partial charge in [-0.15, -0.1) is 0 Å². The molecule has 1 saturated heterocycles. The number of methoxy groups -OCH3 is 1. The highest BCUT2D eigenvalue weighted by atomic mass is 16.5. The lowest BCUT2D eigenvalue weighted by Crippen LogP contribution is -2.57. The van der Waals surface area contributed by atoms with Crippen molar-refractivity contribution in [2.45, 2.75) is 31.5 Å². The van der Waals surface area contributed by atoms with Crippen molar-refractivity contribution in [2.75, 3.05) is 13.7 Å². The Kier molecular flexibility index (Phi) is 3.99. The summed E-state index contributed by atoms with van der Waals surface area (Å²) in [4.78, 5) is 12.0. The van der Waals surface area contributed by atoms with Crippen molar-refractivity contribution in [3.05, 3.63) is 35.9 Å². The Morgan fingerprint density at radius 1 is 1.50 bits per heavy atom. The largest absolute Gasteiger partial charge is 0.468 e. The van der Waals surface area contributed by atoms with Crippen LogP contribution in [0.1, 0.15) is 18.9 Å². The van der Waals surface area contributed by atoms with E-state index in [1.807, 2.05) is 37.3 Å². The van der Waals surface area contributed by atoms with E-state index in [0.717, 1.165) is 5.56 Å². The van der Waals surface area contributed by atoms with Gasteiger partial charge in [0.15, 0.2) is 0 Å². The van der Waals surface area contributed by atoms with Gasteiger partial charge in [0.25, 0.3) is 0 Å². The maximum absolute atomic E-state index is 12.0. The molecule has 1 aliphatic heterocycles. The molecule has 4 nitrogen and oxygen atoms in total. The molecule has 1 N–H and O–H groups in total. The van der Waals surface area contributed by atoms with Gasteiger partial charge in [-0.1, -0.05) is 30.3 Å². The highest BCUT2D eigenvalue weighted by Crippen LogP contribution is 2.27. The van der Waals surface area contributed by atoms with Gasteiger partial charge in [-0.2, -0.15) is 0 Å². The van der Waals surface area contributed by atoms with E-state index < -0.39 is 5.54 Å². The fraction of sp³-hybridized carbons (Fsp3) is 0.500. The third kappa shape index (κ3) is 2.40. The molecule has 2 atom stereocenters. The quantitative estimate of drug-likeness (QED) is 0.821. The first-order valence-corrected chi connectivity index (χ1v) is 6.18. The molecule has 1 aliphatic rings. The van der Waals surface area contributed by atoms with E-state index in [2.05, 4.69) is 5.32 Å². The van der Waals surface area contributed by atoms with Crippen molar-refractivity contribution in [2.24, 2.45) is 0 Å². The Morgan fingerprint density at radius 3 is 2.78 bits per heavy atom. The number of hydrogen-bond acceptors (Lipinski definition) is 4. The summed E-state index contributed by atoms with van der Waals surface area (Å²) in [5, 5.41) is 3.31. The number of carbonyl (C=O) groups excluding carboxylic acids is 1. The zero-order chi connectivity index (χ0) is 13.0. The van der Waals surface area contributed by atoms with Gasteiger partial charge in [-0.3, -0.25) is 5.32 Å². The van der Waals surface area contributed by atoms with Crippen LogP contribution in [0.25, 0.3) is 0 Å². The van der Waals surface area contributed by atoms with Crippen LogP contribution >= 0.6 is 0 Å². The van der Waals surface area contributed by atoms with Gasteiger partial charge in [0.2, 0.25) is 0 Å². The molecule has 1 heterocycles. The van der Waals surface area contributed by atoms with Crippen molar-refractivity contribution in [1.82, 2.24) is 5.32 Å². The summed E-state index contributed by atoms with van der Waals surface area (Å²) in [5.41, 5.74) is 0.421. The molecule has 1 fully saturated rings. The molecule has 0 aromatic heterocycles. The normalized spacial score (nSPS) is 27.1. The molecular formula is C14H19NO3. The number of esters is 1. The Hall–Kier alpha value is -1.39. The Balaban J connectivity index is 2.09. The topological polar surface area (TPSA) is 47.6 Å². The molecular weight excluding hydrogens is 230 g/mol. The van der Waals surface area contributed by atoms with E-state index in [-0.39, 0.29) is 12.1 Å². The van der Waals surface area contributed by atoms with Gasteiger partial charge in [0.1, 0.15) is 5.54 Å². The van der Waals surface area contributed by atoms with Gasteiger partial charge < -0.3 is 9.47 Å². The Labute approximate surface area is 107 Å². The lowest BCUT2D eigenvalue weighted by Gasteiger charge is -2.30. The fourth-order valence-corrected chi connectivity index (χ4v) is 2.35. The van der Waals surface area contributed by atoms with Gasteiger partial charge in [0, 0.05) is 19.6 Å². The zero-order valence-corrected chi connectivity index (χ0v) is 10.8. The molecule has 4 heteroatoms. The van der Waals surface area contributed by atoms with Crippen molar-refractivity contribution in [3.63, 3.8) is 0 Å². The minimum absolute atomic E-state index is 0.173. The summed E-state index contributed by atoms with van der Waals surface area (Å²) in [6, 6.07) is 9.99. The molecule has 0 spiro atoms. The Bertz CT molecular complexity index is 407. The van der Waals surface area contributed by atoms with E-state index >= 15 is 0 Å². The second-order valence-electron chi connectivity index (χ2n) is 4.57. The van der Waals surface area contributed by atoms with Crippen LogP contribution in [-0.4, -0.2) is 31.3 Å². The van der Waals surface area contributed by atoms with Gasteiger partial charge in [-0.25, -0.2) is 4.79 Å². The molecule has 98 valence electrons. The molecule has 2 rings (SSSR count). The maximum atomic E-state index is 12.0. The number of ether oxygens (including phenoxy) is 2. The van der Waals surface area contributed by atoms with Gasteiger partial charge in [0.05, 0.1) is 13.2 Å². The lowest BCUT2D eigenvalue weighted by molar-refractivity contribution is -0.150. The van der Waals surface area contributed by atoms with Crippen LogP contribution in [0, 0.1) is 0 Å². The van der Waals surface area contributed by atoms with Crippen molar-refractivity contribution < 1.29 is 14.3 Å². The number of nitrogens with one attached hydrogen (secondary N) is 1. The summed E-state index contributed by atoms with van der Waals surface area (Å²) in [7, 11) is 1.42. The third-order valence-electron chi connectivity index (χ3n) is 3.56. The first-order valence-electron chi connectivity index (χ1n) is 6.18. The van der Waals surface area contributed by atoms with Crippen molar-refractivity contribution in [3.8, 4) is 0 Å². The second-order valence-corrected chi connectivity index (χ2v) is 4.57. The highest BCUT2D eigenvalue weighted by Gasteiger charge is 2.48. The predicted molar refractivity (Wildman–Crippen MR) is 68.1 cm³/mol. The maximum Gasteiger partial charge on any atom is 0.328 e. The average molecular weight is 249 g/mol. The first kappa shape index (κ1) is 13.1. The molecule has 0 aliphatic carbocycles. The Morgan fingerprint density at radius 2 is 2.22 bits per heavy atom. The molecule has 0 radical (unpaired) electrons. The predicted octanol–water partition coefficient (Wildman–Crippen LogP) is 1.50. The van der Waals surface area contributed by atoms with Gasteiger partial charge >= 0.3 is 5.97 Å². The summed E-state index contributed by atoms with van der Waals surface area (Å²) in [6.07, 6.45) is 0.474. The second kappa shape index (κ2) is 5.50. The van der Waals surface area contributed by atoms with E-state index in [4.69, 9.17) is 9.47 Å². The van der Waals surface area contributed by atoms with Crippen LogP contribution in [-0.2, 0) is 20.8 Å². The van der Waals surface area contributed by atoms with Crippen LogP contribution in [0.15, 0.2) is 30.3 Å². The summed E-state index contributed by atoms with van der Waals surface area (Å²) >= 11 is 0. The van der Waals surface area contributed by atoms with Crippen LogP contribution < -0.4 is 5.32 Å². The van der Waals surface area contributed by atoms with Crippen LogP contribution in [0.4, 0.5) is 0 Å². The van der Waals surface area contributed by atoms with Crippen LogP contribution in [0.2, 0.25) is 0 Å². The van der Waals surface area contributed by atoms with E-state index in [9.17, 15) is 4.79 Å². The van der Waals surface area contributed by atoms with Crippen molar-refractivity contribution in [1.29, 1.82) is 0 Å². The summed E-state index contributed by atoms with van der Waals surface area (Å²) < 4.78 is 10.4. The summed E-state index contributed by atoms with van der Waals surface area (Å²) in [5.74, 6) is -0.247. The molecule has 1 aromatic carbocycles. The number of rotatable bonds is 4. The first-order chi connectivity index (χ1) is 8.69. The molecule has 0 bridgehead atoms. The highest BCUT2D eigenvalue weighted by molar-refractivity contribution is 5.82. The lowest BCUT2D eigenvalue weighted by atomic mass is 9.91. The molecule has 1 aromatic rings. The number of benzene rings is 1. The van der Waals surface area contributed by atoms with Gasteiger partial charge in [-0.05, 0) is 12.5 Å². The minimum Gasteiger partial charge on any atom is -0.468 e. The van der Waals surface area contributed by atoms with E-state index in [1.165, 1.54) is 7.11 Å². The fourth-order valence-electron chi connectivity index (χ4n) is 2.35. The smallest absolute Gasteiger partial charge is 0.328 e. The number of carbonyl (C=O) groups is 1. The minimum atomic E-state index is -0.718. The van der Waals surface area contributed by atoms with E-state index in [1.54, 1.807) is 0 Å². The SMILES string of the molecule is COC(=O)C1(NCc2ccccc2)CCOC1C. The zero-order valence-electron chi connectivity index (χ0n) is 10.8. The molecule has 0 amide bonds. The summed E-state index contributed by atoms with van der Waals surface area (Å²) in [6.45, 7) is 3.11. The van der Waals surface area contributed by atoms with Crippen molar-refractivity contribution >= 4 is 5.97 Å². The van der Waals surface area contributed by atoms with Crippen LogP contribution in [0.3, 0.4) is 0 Å². The molecule has 2 unspecified atom stereocenters. The molecule has 18 heavy (non-hydrogen) atoms. The van der Waals surface area contributed by atoms with E-state index in [0.29, 0.717) is 19.6 Å². The standard InChI is InChI=1S/C14H19NO3/c1-11-14(8-9-18-11,13(16)17-2)15-10-12-6-4-3-5-7-12/h3-7,11,15H,8-10H2,1-2H3. The van der Waals surface area contributed by atoms with Crippen LogP contribution in [0.5, 0.6) is 0 Å². The number of hydrogen-bond donors (Lipinski definition) is 1.